The molecule has 3 aromatic rings. The summed E-state index contributed by atoms with van der Waals surface area (Å²) < 4.78 is 0. The summed E-state index contributed by atoms with van der Waals surface area (Å²) in [4.78, 5) is 0. The molecular weight excluding hydrogens is 198 g/mol. The molecule has 0 spiro atoms. The molecule has 0 saturated carbocycles. The van der Waals surface area contributed by atoms with Crippen LogP contribution in [-0.4, -0.2) is 0 Å². The van der Waals surface area contributed by atoms with Crippen molar-refractivity contribution in [3.8, 4) is 0 Å². The van der Waals surface area contributed by atoms with Gasteiger partial charge >= 0.3 is 0 Å². The maximum atomic E-state index is 7.75. The summed E-state index contributed by atoms with van der Waals surface area (Å²) in [6.45, 7) is 0. The maximum absolute atomic E-state index is 7.75. The van der Waals surface area contributed by atoms with Gasteiger partial charge in [0.05, 0.1) is 0 Å². The molecule has 0 aromatic heterocycles. The number of benzene rings is 3. The second-order valence-corrected chi connectivity index (χ2v) is 3.55. The molecular formula is C14H12NO. The number of hydrogen-bond donors (Lipinski definition) is 1. The Kier molecular flexibility index (Phi) is 3.15. The van der Waals surface area contributed by atoms with Crippen LogP contribution < -0.4 is 5.90 Å². The van der Waals surface area contributed by atoms with Crippen molar-refractivity contribution in [1.29, 1.82) is 0 Å². The van der Waals surface area contributed by atoms with E-state index in [9.17, 15) is 0 Å². The Morgan fingerprint density at radius 1 is 0.562 bits per heavy atom. The van der Waals surface area contributed by atoms with E-state index in [4.69, 9.17) is 5.21 Å². The van der Waals surface area contributed by atoms with Crippen molar-refractivity contribution in [1.82, 2.24) is 0 Å². The molecule has 79 valence electrons. The van der Waals surface area contributed by atoms with Crippen LogP contribution in [0.1, 0.15) is 0 Å². The van der Waals surface area contributed by atoms with Crippen molar-refractivity contribution in [3.63, 3.8) is 0 Å². The highest BCUT2D eigenvalue weighted by Crippen LogP contribution is 2.21. The lowest BCUT2D eigenvalue weighted by Gasteiger charge is -2.00. The second kappa shape index (κ2) is 4.75. The standard InChI is InChI=1S/C14H10.H2NO/c1-2-6-12-10-14-8-4-3-7-13(14)9-11(12)5-1;1-2/h1-10H;1H2. The molecule has 0 aliphatic heterocycles. The van der Waals surface area contributed by atoms with E-state index in [0.717, 1.165) is 0 Å². The summed E-state index contributed by atoms with van der Waals surface area (Å²) in [5.41, 5.74) is 0. The van der Waals surface area contributed by atoms with E-state index in [1.807, 2.05) is 0 Å². The van der Waals surface area contributed by atoms with Crippen molar-refractivity contribution in [2.24, 2.45) is 5.90 Å². The van der Waals surface area contributed by atoms with E-state index in [-0.39, 0.29) is 0 Å². The van der Waals surface area contributed by atoms with Crippen LogP contribution in [0.3, 0.4) is 0 Å². The van der Waals surface area contributed by atoms with Gasteiger partial charge in [0, 0.05) is 0 Å². The highest BCUT2D eigenvalue weighted by atomic mass is 16.4. The lowest BCUT2D eigenvalue weighted by molar-refractivity contribution is 0.201. The summed E-state index contributed by atoms with van der Waals surface area (Å²) in [7, 11) is 0. The Morgan fingerprint density at radius 3 is 1.06 bits per heavy atom. The van der Waals surface area contributed by atoms with Crippen molar-refractivity contribution in [2.45, 2.75) is 0 Å². The molecule has 0 aliphatic rings. The predicted molar refractivity (Wildman–Crippen MR) is 66.3 cm³/mol. The highest BCUT2D eigenvalue weighted by Gasteiger charge is 1.95. The number of nitrogens with two attached hydrogens (primary N) is 1. The van der Waals surface area contributed by atoms with Crippen LogP contribution in [0.15, 0.2) is 60.7 Å². The molecule has 0 unspecified atom stereocenters. The zero-order chi connectivity index (χ0) is 11.4. The van der Waals surface area contributed by atoms with Gasteiger partial charge in [-0.25, -0.2) is 0 Å². The van der Waals surface area contributed by atoms with Gasteiger partial charge in [0.15, 0.2) is 0 Å². The Bertz CT molecular complexity index is 499. The molecule has 0 heterocycles. The van der Waals surface area contributed by atoms with Gasteiger partial charge in [-0.05, 0) is 33.7 Å². The Morgan fingerprint density at radius 2 is 0.812 bits per heavy atom. The van der Waals surface area contributed by atoms with Crippen LogP contribution in [-0.2, 0) is 5.21 Å². The first-order valence-electron chi connectivity index (χ1n) is 5.05. The van der Waals surface area contributed by atoms with E-state index in [2.05, 4.69) is 66.6 Å². The molecule has 1 radical (unpaired) electrons. The molecule has 16 heavy (non-hydrogen) atoms. The fraction of sp³-hybridized carbons (Fsp3) is 0. The third-order valence-corrected chi connectivity index (χ3v) is 2.61. The highest BCUT2D eigenvalue weighted by molar-refractivity contribution is 5.97. The molecule has 3 rings (SSSR count). The van der Waals surface area contributed by atoms with Crippen molar-refractivity contribution < 1.29 is 5.21 Å². The van der Waals surface area contributed by atoms with Crippen LogP contribution >= 0.6 is 0 Å². The molecule has 0 amide bonds. The Balaban J connectivity index is 0.000000457. The molecule has 2 heteroatoms. The van der Waals surface area contributed by atoms with Gasteiger partial charge < -0.3 is 0 Å². The van der Waals surface area contributed by atoms with Crippen LogP contribution in [0, 0.1) is 0 Å². The monoisotopic (exact) mass is 210 g/mol. The van der Waals surface area contributed by atoms with E-state index in [1.165, 1.54) is 21.5 Å². The maximum Gasteiger partial charge on any atom is -0.0178 e. The fourth-order valence-electron chi connectivity index (χ4n) is 1.88. The van der Waals surface area contributed by atoms with Crippen LogP contribution in [0.5, 0.6) is 0 Å². The third-order valence-electron chi connectivity index (χ3n) is 2.61. The van der Waals surface area contributed by atoms with Crippen LogP contribution in [0.4, 0.5) is 0 Å². The smallest absolute Gasteiger partial charge is 0.0178 e. The summed E-state index contributed by atoms with van der Waals surface area (Å²) >= 11 is 0. The van der Waals surface area contributed by atoms with Gasteiger partial charge in [-0.15, -0.1) is 5.21 Å². The predicted octanol–water partition coefficient (Wildman–Crippen LogP) is 3.28. The zero-order valence-corrected chi connectivity index (χ0v) is 8.76. The van der Waals surface area contributed by atoms with Gasteiger partial charge in [-0.3, -0.25) is 0 Å². The van der Waals surface area contributed by atoms with E-state index >= 15 is 0 Å². The van der Waals surface area contributed by atoms with Gasteiger partial charge in [0.2, 0.25) is 0 Å². The van der Waals surface area contributed by atoms with Gasteiger partial charge in [-0.1, -0.05) is 48.5 Å². The molecule has 2 N–H and O–H groups in total. The van der Waals surface area contributed by atoms with Gasteiger partial charge in [-0.2, -0.15) is 5.90 Å². The number of fused-ring (bicyclic) bond motifs is 2. The molecule has 0 saturated heterocycles. The minimum absolute atomic E-state index is 1.31. The summed E-state index contributed by atoms with van der Waals surface area (Å²) in [5, 5.41) is 13.0. The Labute approximate surface area is 93.9 Å². The van der Waals surface area contributed by atoms with E-state index in [1.54, 1.807) is 0 Å². The largest absolute Gasteiger partial charge is 0.181 e. The average Bonchev–Trinajstić information content (AvgIpc) is 2.38. The minimum Gasteiger partial charge on any atom is -0.181 e. The van der Waals surface area contributed by atoms with E-state index < -0.39 is 0 Å². The molecule has 3 aromatic carbocycles. The average molecular weight is 210 g/mol. The first kappa shape index (κ1) is 10.6. The van der Waals surface area contributed by atoms with Crippen molar-refractivity contribution in [3.05, 3.63) is 60.7 Å². The molecule has 0 bridgehead atoms. The zero-order valence-electron chi connectivity index (χ0n) is 8.76. The van der Waals surface area contributed by atoms with Crippen molar-refractivity contribution >= 4 is 21.5 Å². The molecule has 0 aliphatic carbocycles. The lowest BCUT2D eigenvalue weighted by atomic mass is 10.0. The van der Waals surface area contributed by atoms with Gasteiger partial charge in [0.1, 0.15) is 0 Å². The molecule has 0 atom stereocenters. The first-order chi connectivity index (χ1) is 7.93. The van der Waals surface area contributed by atoms with Crippen molar-refractivity contribution in [2.75, 3.05) is 0 Å². The number of hydrogen-bond acceptors (Lipinski definition) is 1. The fourth-order valence-corrected chi connectivity index (χ4v) is 1.88. The normalized spacial score (nSPS) is 9.88. The van der Waals surface area contributed by atoms with E-state index in [0.29, 0.717) is 0 Å². The summed E-state index contributed by atoms with van der Waals surface area (Å²) in [6, 6.07) is 21.4. The van der Waals surface area contributed by atoms with Gasteiger partial charge in [0.25, 0.3) is 0 Å². The lowest BCUT2D eigenvalue weighted by Crippen LogP contribution is -1.74. The van der Waals surface area contributed by atoms with Crippen LogP contribution in [0.2, 0.25) is 0 Å². The minimum atomic E-state index is 1.31. The topological polar surface area (TPSA) is 45.9 Å². The summed E-state index contributed by atoms with van der Waals surface area (Å²) in [6.07, 6.45) is 0. The quantitative estimate of drug-likeness (QED) is 0.449. The SMILES string of the molecule is N[O].c1ccc2cc3ccccc3cc2c1. The Hall–Kier alpha value is -1.90. The molecule has 0 fully saturated rings. The third kappa shape index (κ3) is 1.89. The first-order valence-corrected chi connectivity index (χ1v) is 5.05. The van der Waals surface area contributed by atoms with Crippen LogP contribution in [0.25, 0.3) is 21.5 Å². The number of rotatable bonds is 0. The summed E-state index contributed by atoms with van der Waals surface area (Å²) in [5.74, 6) is 3.25. The second-order valence-electron chi connectivity index (χ2n) is 3.55. The molecule has 2 nitrogen and oxygen atoms in total.